The highest BCUT2D eigenvalue weighted by atomic mass is 32.2. The lowest BCUT2D eigenvalue weighted by Gasteiger charge is -2.26. The van der Waals surface area contributed by atoms with Crippen molar-refractivity contribution in [2.75, 3.05) is 5.75 Å². The maximum atomic E-state index is 12.0. The van der Waals surface area contributed by atoms with E-state index in [1.165, 1.54) is 6.20 Å². The van der Waals surface area contributed by atoms with E-state index in [9.17, 15) is 23.1 Å². The average Bonchev–Trinajstić information content (AvgIpc) is 2.90. The minimum atomic E-state index is -3.96. The van der Waals surface area contributed by atoms with Crippen molar-refractivity contribution in [3.05, 3.63) is 33.1 Å². The van der Waals surface area contributed by atoms with Gasteiger partial charge in [-0.15, -0.1) is 0 Å². The number of sulfonamides is 1. The zero-order chi connectivity index (χ0) is 18.6. The lowest BCUT2D eigenvalue weighted by atomic mass is 10.1. The van der Waals surface area contributed by atoms with Crippen LogP contribution in [0.5, 0.6) is 0 Å². The molecule has 1 unspecified atom stereocenters. The molecule has 2 saturated heterocycles. The normalized spacial score (nSPS) is 32.5. The summed E-state index contributed by atoms with van der Waals surface area (Å²) in [5, 5.41) is 15.2. The summed E-state index contributed by atoms with van der Waals surface area (Å²) in [4.78, 5) is 25.4. The van der Waals surface area contributed by atoms with Gasteiger partial charge in [-0.1, -0.05) is 0 Å². The van der Waals surface area contributed by atoms with Crippen LogP contribution in [0.1, 0.15) is 20.1 Å². The van der Waals surface area contributed by atoms with Crippen LogP contribution < -0.4 is 16.4 Å². The Balaban J connectivity index is 1.95. The number of nitrogens with zero attached hydrogens (tertiary/aromatic N) is 1. The fourth-order valence-electron chi connectivity index (χ4n) is 3.10. The van der Waals surface area contributed by atoms with Crippen molar-refractivity contribution >= 4 is 10.0 Å². The fraction of sp³-hybridized carbons (Fsp3) is 0.692. The quantitative estimate of drug-likeness (QED) is 0.523. The van der Waals surface area contributed by atoms with Crippen LogP contribution in [0, 0.1) is 0 Å². The fourth-order valence-corrected chi connectivity index (χ4v) is 3.77. The number of nitrogens with two attached hydrogens (primary N) is 1. The molecule has 12 heteroatoms. The smallest absolute Gasteiger partial charge is 0.330 e. The Labute approximate surface area is 142 Å². The van der Waals surface area contributed by atoms with E-state index in [1.807, 2.05) is 0 Å². The van der Waals surface area contributed by atoms with Crippen LogP contribution in [-0.2, 0) is 24.2 Å². The number of hydrogen-bond donors (Lipinski definition) is 3. The van der Waals surface area contributed by atoms with E-state index in [4.69, 9.17) is 19.3 Å². The van der Waals surface area contributed by atoms with Crippen molar-refractivity contribution < 1.29 is 27.7 Å². The molecule has 0 aliphatic carbocycles. The van der Waals surface area contributed by atoms with E-state index in [0.717, 1.165) is 10.6 Å². The van der Waals surface area contributed by atoms with E-state index in [2.05, 4.69) is 4.98 Å². The number of hydrogen-bond acceptors (Lipinski definition) is 8. The predicted octanol–water partition coefficient (Wildman–Crippen LogP) is -2.40. The highest BCUT2D eigenvalue weighted by Gasteiger charge is 2.58. The molecule has 0 spiro atoms. The molecule has 11 nitrogen and oxygen atoms in total. The Morgan fingerprint density at radius 1 is 1.36 bits per heavy atom. The molecular formula is C13H19N3O8S. The number of aliphatic hydroxyl groups excluding tert-OH is 1. The summed E-state index contributed by atoms with van der Waals surface area (Å²) in [6.07, 6.45) is -3.98. The Hall–Kier alpha value is -1.57. The van der Waals surface area contributed by atoms with Crippen LogP contribution in [0.2, 0.25) is 0 Å². The Bertz CT molecular complexity index is 876. The molecule has 3 heterocycles. The number of nitrogens with one attached hydrogen (secondary N) is 1. The SMILES string of the molecule is CC1(C)O[C@@H]2[C@H](O1)[C@@H](C(O)CS(N)(=O)=O)O[C@H]2n1ccc(=O)[nH]c1=O. The van der Waals surface area contributed by atoms with Gasteiger partial charge >= 0.3 is 5.69 Å². The maximum Gasteiger partial charge on any atom is 0.330 e. The highest BCUT2D eigenvalue weighted by molar-refractivity contribution is 7.89. The first-order valence-electron chi connectivity index (χ1n) is 7.48. The van der Waals surface area contributed by atoms with E-state index < -0.39 is 63.5 Å². The second-order valence-electron chi connectivity index (χ2n) is 6.47. The summed E-state index contributed by atoms with van der Waals surface area (Å²) < 4.78 is 40.7. The van der Waals surface area contributed by atoms with Gasteiger partial charge in [0.25, 0.3) is 5.56 Å². The van der Waals surface area contributed by atoms with Crippen molar-refractivity contribution in [1.82, 2.24) is 9.55 Å². The molecule has 0 saturated carbocycles. The van der Waals surface area contributed by atoms with Gasteiger partial charge in [0.05, 0.1) is 11.9 Å². The van der Waals surface area contributed by atoms with Crippen molar-refractivity contribution in [3.63, 3.8) is 0 Å². The Morgan fingerprint density at radius 2 is 2.00 bits per heavy atom. The number of aromatic nitrogens is 2. The Kier molecular flexibility index (Phi) is 4.38. The molecule has 2 fully saturated rings. The highest BCUT2D eigenvalue weighted by Crippen LogP contribution is 2.43. The zero-order valence-electron chi connectivity index (χ0n) is 13.5. The van der Waals surface area contributed by atoms with Gasteiger partial charge in [0, 0.05) is 12.3 Å². The van der Waals surface area contributed by atoms with E-state index >= 15 is 0 Å². The largest absolute Gasteiger partial charge is 0.389 e. The monoisotopic (exact) mass is 377 g/mol. The molecule has 2 aliphatic heterocycles. The lowest BCUT2D eigenvalue weighted by Crippen LogP contribution is -2.43. The van der Waals surface area contributed by atoms with Gasteiger partial charge in [0.15, 0.2) is 12.0 Å². The first-order valence-corrected chi connectivity index (χ1v) is 9.19. The zero-order valence-corrected chi connectivity index (χ0v) is 14.3. The van der Waals surface area contributed by atoms with E-state index in [0.29, 0.717) is 0 Å². The third-order valence-corrected chi connectivity index (χ3v) is 4.78. The lowest BCUT2D eigenvalue weighted by molar-refractivity contribution is -0.206. The minimum absolute atomic E-state index is 0.578. The molecule has 1 aromatic rings. The molecule has 2 aliphatic rings. The molecule has 0 bridgehead atoms. The number of rotatable bonds is 4. The van der Waals surface area contributed by atoms with Crippen molar-refractivity contribution in [1.29, 1.82) is 0 Å². The second kappa shape index (κ2) is 6.00. The number of aliphatic hydroxyl groups is 1. The van der Waals surface area contributed by atoms with Gasteiger partial charge in [-0.05, 0) is 13.8 Å². The van der Waals surface area contributed by atoms with Crippen LogP contribution >= 0.6 is 0 Å². The minimum Gasteiger partial charge on any atom is -0.389 e. The average molecular weight is 377 g/mol. The maximum absolute atomic E-state index is 12.0. The van der Waals surface area contributed by atoms with Gasteiger partial charge in [-0.2, -0.15) is 0 Å². The molecular weight excluding hydrogens is 358 g/mol. The van der Waals surface area contributed by atoms with E-state index in [-0.39, 0.29) is 0 Å². The third-order valence-electron chi connectivity index (χ3n) is 3.97. The molecule has 1 aromatic heterocycles. The predicted molar refractivity (Wildman–Crippen MR) is 83.0 cm³/mol. The van der Waals surface area contributed by atoms with Gasteiger partial charge in [-0.25, -0.2) is 18.4 Å². The molecule has 0 amide bonds. The number of fused-ring (bicyclic) bond motifs is 1. The summed E-state index contributed by atoms with van der Waals surface area (Å²) in [6, 6.07) is 1.13. The van der Waals surface area contributed by atoms with Gasteiger partial charge in [0.1, 0.15) is 18.3 Å². The second-order valence-corrected chi connectivity index (χ2v) is 8.13. The first kappa shape index (κ1) is 18.2. The van der Waals surface area contributed by atoms with E-state index in [1.54, 1.807) is 13.8 Å². The standard InChI is InChI=1S/C13H19N3O8S/c1-13(2)23-9-8(6(17)5-25(14,20)21)22-11(10(9)24-13)16-4-3-7(18)15-12(16)19/h3-4,6,8-11,17H,5H2,1-2H3,(H2,14,20,21)(H,15,18,19)/t6?,8-,9-,10-,11-/m1/s1. The Morgan fingerprint density at radius 3 is 2.60 bits per heavy atom. The van der Waals surface area contributed by atoms with Gasteiger partial charge in [-0.3, -0.25) is 14.3 Å². The topological polar surface area (TPSA) is 163 Å². The molecule has 5 atom stereocenters. The van der Waals surface area contributed by atoms with Gasteiger partial charge < -0.3 is 19.3 Å². The number of primary sulfonamides is 1. The van der Waals surface area contributed by atoms with Crippen LogP contribution in [-0.4, -0.2) is 59.0 Å². The number of ether oxygens (including phenoxy) is 3. The summed E-state index contributed by atoms with van der Waals surface area (Å²) >= 11 is 0. The van der Waals surface area contributed by atoms with Crippen LogP contribution in [0.25, 0.3) is 0 Å². The van der Waals surface area contributed by atoms with Crippen molar-refractivity contribution in [2.24, 2.45) is 5.14 Å². The van der Waals surface area contributed by atoms with Crippen LogP contribution in [0.4, 0.5) is 0 Å². The molecule has 0 aromatic carbocycles. The summed E-state index contributed by atoms with van der Waals surface area (Å²) in [5.41, 5.74) is -1.31. The third kappa shape index (κ3) is 3.68. The summed E-state index contributed by atoms with van der Waals surface area (Å²) in [7, 11) is -3.96. The summed E-state index contributed by atoms with van der Waals surface area (Å²) in [6.45, 7) is 3.28. The molecule has 25 heavy (non-hydrogen) atoms. The molecule has 3 rings (SSSR count). The first-order chi connectivity index (χ1) is 11.5. The number of H-pyrrole nitrogens is 1. The van der Waals surface area contributed by atoms with Gasteiger partial charge in [0.2, 0.25) is 10.0 Å². The molecule has 4 N–H and O–H groups in total. The van der Waals surface area contributed by atoms with Crippen LogP contribution in [0.15, 0.2) is 21.9 Å². The molecule has 0 radical (unpaired) electrons. The number of aromatic amines is 1. The molecule has 140 valence electrons. The summed E-state index contributed by atoms with van der Waals surface area (Å²) in [5.74, 6) is -1.76. The van der Waals surface area contributed by atoms with Crippen LogP contribution in [0.3, 0.4) is 0 Å². The van der Waals surface area contributed by atoms with Crippen molar-refractivity contribution in [3.8, 4) is 0 Å². The van der Waals surface area contributed by atoms with Crippen molar-refractivity contribution in [2.45, 2.75) is 50.3 Å².